The Kier molecular flexibility index (Phi) is 5.03. The van der Waals surface area contributed by atoms with Crippen LogP contribution in [0, 0.1) is 5.82 Å². The molecule has 0 saturated carbocycles. The van der Waals surface area contributed by atoms with E-state index in [-0.39, 0.29) is 11.7 Å². The maximum atomic E-state index is 13.4. The van der Waals surface area contributed by atoms with Gasteiger partial charge in [-0.15, -0.1) is 0 Å². The van der Waals surface area contributed by atoms with E-state index in [1.165, 1.54) is 18.2 Å². The number of benzene rings is 1. The highest BCUT2D eigenvalue weighted by Gasteiger charge is 2.20. The van der Waals surface area contributed by atoms with Crippen LogP contribution in [0.15, 0.2) is 42.5 Å². The Bertz CT molecular complexity index is 966. The average molecular weight is 350 g/mol. The number of fused-ring (bicyclic) bond motifs is 1. The Hall–Kier alpha value is -2.75. The first-order chi connectivity index (χ1) is 12.4. The number of carbonyl (C=O) groups is 1. The van der Waals surface area contributed by atoms with Crippen molar-refractivity contribution in [2.24, 2.45) is 0 Å². The number of aromatic nitrogens is 2. The number of hydrogen-bond donors (Lipinski definition) is 0. The van der Waals surface area contributed by atoms with Crippen LogP contribution in [0.4, 0.5) is 4.39 Å². The highest BCUT2D eigenvalue weighted by atomic mass is 19.1. The lowest BCUT2D eigenvalue weighted by atomic mass is 9.93. The molecule has 0 spiro atoms. The first kappa shape index (κ1) is 18.1. The molecule has 1 aromatic carbocycles. The highest BCUT2D eigenvalue weighted by Crippen LogP contribution is 2.34. The largest absolute Gasteiger partial charge is 0.299 e. The Morgan fingerprint density at radius 2 is 1.69 bits per heavy atom. The van der Waals surface area contributed by atoms with Crippen LogP contribution in [0.1, 0.15) is 56.4 Å². The van der Waals surface area contributed by atoms with Crippen molar-refractivity contribution in [1.29, 1.82) is 0 Å². The molecular formula is C22H23FN2O. The van der Waals surface area contributed by atoms with Gasteiger partial charge in [0.2, 0.25) is 0 Å². The van der Waals surface area contributed by atoms with E-state index in [0.717, 1.165) is 39.9 Å². The fraction of sp³-hybridized carbons (Fsp3) is 0.273. The fourth-order valence-electron chi connectivity index (χ4n) is 3.35. The number of halogens is 1. The number of rotatable bonds is 5. The third kappa shape index (κ3) is 3.19. The van der Waals surface area contributed by atoms with Gasteiger partial charge in [-0.25, -0.2) is 8.91 Å². The minimum Gasteiger partial charge on any atom is -0.299 e. The molecule has 0 amide bonds. The van der Waals surface area contributed by atoms with Gasteiger partial charge in [0.25, 0.3) is 0 Å². The normalized spacial score (nSPS) is 12.0. The van der Waals surface area contributed by atoms with Crippen LogP contribution in [-0.4, -0.2) is 15.9 Å². The second kappa shape index (κ2) is 7.24. The van der Waals surface area contributed by atoms with Gasteiger partial charge in [0.15, 0.2) is 0 Å². The molecule has 2 heterocycles. The van der Waals surface area contributed by atoms with Crippen molar-refractivity contribution in [3.8, 4) is 11.3 Å². The van der Waals surface area contributed by atoms with Crippen molar-refractivity contribution in [3.63, 3.8) is 0 Å². The molecule has 0 radical (unpaired) electrons. The molecule has 3 aromatic rings. The van der Waals surface area contributed by atoms with Gasteiger partial charge in [-0.2, -0.15) is 5.10 Å². The van der Waals surface area contributed by atoms with Crippen LogP contribution in [0.25, 0.3) is 22.9 Å². The predicted octanol–water partition coefficient (Wildman–Crippen LogP) is 5.60. The summed E-state index contributed by atoms with van der Waals surface area (Å²) in [4.78, 5) is 10.9. The maximum absolute atomic E-state index is 13.4. The zero-order valence-electron chi connectivity index (χ0n) is 15.5. The van der Waals surface area contributed by atoms with Crippen LogP contribution in [0.3, 0.4) is 0 Å². The van der Waals surface area contributed by atoms with E-state index >= 15 is 0 Å². The monoisotopic (exact) mass is 350 g/mol. The first-order valence-electron chi connectivity index (χ1n) is 8.87. The standard InChI is InChI=1S/C22H23FN2O/c1-14(2)19-11-12-20-21(15(3)4)18(6-5-13-26)22(24-25(19)20)16-7-9-17(23)10-8-16/h5-15H,1-4H3. The fourth-order valence-corrected chi connectivity index (χ4v) is 3.35. The van der Waals surface area contributed by atoms with Crippen molar-refractivity contribution in [2.75, 3.05) is 0 Å². The maximum Gasteiger partial charge on any atom is 0.142 e. The summed E-state index contributed by atoms with van der Waals surface area (Å²) in [5.74, 6) is 0.274. The molecular weight excluding hydrogens is 327 g/mol. The molecule has 0 aliphatic carbocycles. The lowest BCUT2D eigenvalue weighted by Gasteiger charge is -2.18. The molecule has 0 unspecified atom stereocenters. The highest BCUT2D eigenvalue weighted by molar-refractivity contribution is 5.84. The second-order valence-electron chi connectivity index (χ2n) is 7.04. The van der Waals surface area contributed by atoms with Gasteiger partial charge in [-0.1, -0.05) is 27.7 Å². The van der Waals surface area contributed by atoms with Crippen molar-refractivity contribution in [3.05, 3.63) is 65.1 Å². The van der Waals surface area contributed by atoms with Crippen molar-refractivity contribution < 1.29 is 9.18 Å². The van der Waals surface area contributed by atoms with Crippen molar-refractivity contribution in [2.45, 2.75) is 39.5 Å². The summed E-state index contributed by atoms with van der Waals surface area (Å²) in [5, 5.41) is 4.88. The Labute approximate surface area is 153 Å². The summed E-state index contributed by atoms with van der Waals surface area (Å²) in [6.45, 7) is 8.53. The van der Waals surface area contributed by atoms with E-state index in [0.29, 0.717) is 5.92 Å². The summed E-state index contributed by atoms with van der Waals surface area (Å²) in [6.07, 6.45) is 4.05. The molecule has 0 aliphatic heterocycles. The van der Waals surface area contributed by atoms with Gasteiger partial charge in [-0.3, -0.25) is 4.79 Å². The van der Waals surface area contributed by atoms with Crippen molar-refractivity contribution in [1.82, 2.24) is 9.61 Å². The van der Waals surface area contributed by atoms with Crippen LogP contribution in [-0.2, 0) is 4.79 Å². The summed E-state index contributed by atoms with van der Waals surface area (Å²) >= 11 is 0. The quantitative estimate of drug-likeness (QED) is 0.443. The molecule has 0 saturated heterocycles. The molecule has 0 N–H and O–H groups in total. The van der Waals surface area contributed by atoms with E-state index in [9.17, 15) is 9.18 Å². The van der Waals surface area contributed by atoms with Crippen LogP contribution < -0.4 is 0 Å². The van der Waals surface area contributed by atoms with Gasteiger partial charge in [0.1, 0.15) is 12.1 Å². The number of hydrogen-bond acceptors (Lipinski definition) is 2. The summed E-state index contributed by atoms with van der Waals surface area (Å²) in [7, 11) is 0. The van der Waals surface area contributed by atoms with E-state index < -0.39 is 0 Å². The van der Waals surface area contributed by atoms with Crippen molar-refractivity contribution >= 4 is 17.9 Å². The molecule has 0 fully saturated rings. The van der Waals surface area contributed by atoms with E-state index in [4.69, 9.17) is 5.10 Å². The van der Waals surface area contributed by atoms with Gasteiger partial charge < -0.3 is 0 Å². The molecule has 0 aliphatic rings. The van der Waals surface area contributed by atoms with Gasteiger partial charge in [-0.05, 0) is 65.9 Å². The molecule has 3 rings (SSSR count). The van der Waals surface area contributed by atoms with Crippen LogP contribution >= 0.6 is 0 Å². The number of carbonyl (C=O) groups excluding carboxylic acids is 1. The Balaban J connectivity index is 2.42. The van der Waals surface area contributed by atoms with Crippen LogP contribution in [0.5, 0.6) is 0 Å². The van der Waals surface area contributed by atoms with E-state index in [2.05, 4.69) is 39.8 Å². The zero-order valence-corrected chi connectivity index (χ0v) is 15.5. The topological polar surface area (TPSA) is 34.4 Å². The molecule has 3 nitrogen and oxygen atoms in total. The molecule has 26 heavy (non-hydrogen) atoms. The summed E-state index contributed by atoms with van der Waals surface area (Å²) < 4.78 is 15.4. The van der Waals surface area contributed by atoms with Gasteiger partial charge in [0, 0.05) is 16.8 Å². The smallest absolute Gasteiger partial charge is 0.142 e. The lowest BCUT2D eigenvalue weighted by molar-refractivity contribution is -0.104. The molecule has 134 valence electrons. The Morgan fingerprint density at radius 1 is 1.00 bits per heavy atom. The predicted molar refractivity (Wildman–Crippen MR) is 104 cm³/mol. The van der Waals surface area contributed by atoms with Crippen LogP contribution in [0.2, 0.25) is 0 Å². The number of nitrogens with zero attached hydrogens (tertiary/aromatic N) is 2. The number of allylic oxidation sites excluding steroid dienone is 1. The average Bonchev–Trinajstić information content (AvgIpc) is 3.02. The number of aldehydes is 1. The molecule has 4 heteroatoms. The summed E-state index contributed by atoms with van der Waals surface area (Å²) in [5.41, 5.74) is 5.77. The molecule has 0 bridgehead atoms. The first-order valence-corrected chi connectivity index (χ1v) is 8.87. The third-order valence-electron chi connectivity index (χ3n) is 4.53. The Morgan fingerprint density at radius 3 is 2.27 bits per heavy atom. The SMILES string of the molecule is CC(C)c1c(C=CC=O)c(-c2ccc(F)cc2)nn2c(C(C)C)ccc12. The summed E-state index contributed by atoms with van der Waals surface area (Å²) in [6, 6.07) is 10.5. The van der Waals surface area contributed by atoms with Gasteiger partial charge >= 0.3 is 0 Å². The lowest BCUT2D eigenvalue weighted by Crippen LogP contribution is -2.08. The van der Waals surface area contributed by atoms with E-state index in [1.54, 1.807) is 18.2 Å². The molecule has 2 aromatic heterocycles. The van der Waals surface area contributed by atoms with Gasteiger partial charge in [0.05, 0.1) is 11.2 Å². The van der Waals surface area contributed by atoms with E-state index in [1.807, 2.05) is 4.52 Å². The third-order valence-corrected chi connectivity index (χ3v) is 4.53. The minimum absolute atomic E-state index is 0.237. The second-order valence-corrected chi connectivity index (χ2v) is 7.04. The minimum atomic E-state index is -0.285. The molecule has 0 atom stereocenters. The zero-order chi connectivity index (χ0) is 18.8.